The predicted molar refractivity (Wildman–Crippen MR) is 63.9 cm³/mol. The Kier molecular flexibility index (Phi) is 3.12. The van der Waals surface area contributed by atoms with E-state index in [2.05, 4.69) is 27.7 Å². The van der Waals surface area contributed by atoms with Crippen LogP contribution in [-0.4, -0.2) is 11.7 Å². The summed E-state index contributed by atoms with van der Waals surface area (Å²) in [5, 5.41) is 0. The van der Waals surface area contributed by atoms with E-state index in [1.807, 2.05) is 0 Å². The lowest BCUT2D eigenvalue weighted by molar-refractivity contribution is -0.123. The van der Waals surface area contributed by atoms with Gasteiger partial charge in [-0.05, 0) is 70.6 Å². The Morgan fingerprint density at radius 2 is 1.60 bits per heavy atom. The maximum atomic E-state index is 6.15. The molecule has 0 heterocycles. The number of fused-ring (bicyclic) bond motifs is 2. The van der Waals surface area contributed by atoms with Gasteiger partial charge in [-0.25, -0.2) is 0 Å². The monoisotopic (exact) mass is 210 g/mol. The van der Waals surface area contributed by atoms with Crippen LogP contribution in [0.25, 0.3) is 0 Å². The van der Waals surface area contributed by atoms with Crippen molar-refractivity contribution in [3.63, 3.8) is 0 Å². The minimum atomic E-state index is 0.182. The molecule has 2 atom stereocenters. The lowest BCUT2D eigenvalue weighted by Gasteiger charge is -2.47. The molecule has 0 amide bonds. The quantitative estimate of drug-likeness (QED) is 0.669. The third kappa shape index (κ3) is 2.75. The van der Waals surface area contributed by atoms with Crippen LogP contribution in [0, 0.1) is 17.8 Å². The third-order valence-electron chi connectivity index (χ3n) is 4.10. The summed E-state index contributed by atoms with van der Waals surface area (Å²) in [5.74, 6) is 2.84. The summed E-state index contributed by atoms with van der Waals surface area (Å²) >= 11 is 0. The molecule has 0 aromatic rings. The number of ether oxygens (including phenoxy) is 1. The van der Waals surface area contributed by atoms with Gasteiger partial charge in [-0.3, -0.25) is 0 Å². The first kappa shape index (κ1) is 11.4. The van der Waals surface area contributed by atoms with Crippen LogP contribution in [0.2, 0.25) is 0 Å². The van der Waals surface area contributed by atoms with E-state index in [0.29, 0.717) is 6.10 Å². The van der Waals surface area contributed by atoms with Gasteiger partial charge in [-0.15, -0.1) is 0 Å². The average Bonchev–Trinajstić information content (AvgIpc) is 1.96. The van der Waals surface area contributed by atoms with Crippen molar-refractivity contribution in [3.8, 4) is 0 Å². The molecule has 2 aliphatic carbocycles. The highest BCUT2D eigenvalue weighted by Crippen LogP contribution is 2.47. The Bertz CT molecular complexity index is 203. The van der Waals surface area contributed by atoms with Crippen LogP contribution < -0.4 is 0 Å². The van der Waals surface area contributed by atoms with Crippen LogP contribution in [0.1, 0.15) is 59.8 Å². The van der Waals surface area contributed by atoms with Gasteiger partial charge >= 0.3 is 0 Å². The van der Waals surface area contributed by atoms with Gasteiger partial charge in [-0.2, -0.15) is 0 Å². The number of hydrogen-bond acceptors (Lipinski definition) is 1. The smallest absolute Gasteiger partial charge is 0.0663 e. The van der Waals surface area contributed by atoms with Gasteiger partial charge in [-0.1, -0.05) is 6.92 Å². The van der Waals surface area contributed by atoms with E-state index in [1.165, 1.54) is 32.1 Å². The molecule has 0 saturated heterocycles. The minimum Gasteiger partial charge on any atom is -0.373 e. The lowest BCUT2D eigenvalue weighted by Crippen LogP contribution is -2.43. The fourth-order valence-electron chi connectivity index (χ4n) is 4.20. The second kappa shape index (κ2) is 4.08. The zero-order chi connectivity index (χ0) is 11.1. The Balaban J connectivity index is 2.01. The molecule has 1 nitrogen and oxygen atoms in total. The molecule has 2 saturated carbocycles. The summed E-state index contributed by atoms with van der Waals surface area (Å²) in [6.45, 7) is 9.09. The van der Waals surface area contributed by atoms with E-state index in [1.54, 1.807) is 0 Å². The Morgan fingerprint density at radius 1 is 1.07 bits per heavy atom. The molecule has 0 spiro atoms. The van der Waals surface area contributed by atoms with Crippen LogP contribution in [0.3, 0.4) is 0 Å². The number of hydrogen-bond donors (Lipinski definition) is 0. The van der Waals surface area contributed by atoms with Crippen LogP contribution in [-0.2, 0) is 4.74 Å². The normalized spacial score (nSPS) is 45.8. The van der Waals surface area contributed by atoms with E-state index in [4.69, 9.17) is 4.74 Å². The highest BCUT2D eigenvalue weighted by Gasteiger charge is 2.41. The Labute approximate surface area is 94.6 Å². The van der Waals surface area contributed by atoms with Gasteiger partial charge < -0.3 is 4.74 Å². The molecular weight excluding hydrogens is 184 g/mol. The third-order valence-corrected chi connectivity index (χ3v) is 4.10. The molecule has 0 radical (unpaired) electrons. The number of rotatable bonds is 2. The molecule has 0 aromatic carbocycles. The topological polar surface area (TPSA) is 9.23 Å². The molecule has 15 heavy (non-hydrogen) atoms. The second-order valence-corrected chi connectivity index (χ2v) is 6.57. The summed E-state index contributed by atoms with van der Waals surface area (Å²) in [4.78, 5) is 0. The standard InChI is InChI=1S/C14H26O/c1-10(2)15-14(4)8-12-5-11(3)6-13(7-12)9-14/h10-13H,5-9H2,1-4H3. The molecule has 2 fully saturated rings. The van der Waals surface area contributed by atoms with Crippen molar-refractivity contribution in [2.24, 2.45) is 17.8 Å². The van der Waals surface area contributed by atoms with E-state index < -0.39 is 0 Å². The zero-order valence-electron chi connectivity index (χ0n) is 10.8. The summed E-state index contributed by atoms with van der Waals surface area (Å²) in [6, 6.07) is 0. The summed E-state index contributed by atoms with van der Waals surface area (Å²) in [7, 11) is 0. The second-order valence-electron chi connectivity index (χ2n) is 6.57. The van der Waals surface area contributed by atoms with Crippen molar-refractivity contribution in [3.05, 3.63) is 0 Å². The average molecular weight is 210 g/mol. The van der Waals surface area contributed by atoms with Gasteiger partial charge in [0.25, 0.3) is 0 Å². The highest BCUT2D eigenvalue weighted by atomic mass is 16.5. The van der Waals surface area contributed by atoms with Gasteiger partial charge in [0.05, 0.1) is 11.7 Å². The van der Waals surface area contributed by atoms with Crippen molar-refractivity contribution in [2.75, 3.05) is 0 Å². The molecular formula is C14H26O. The first-order valence-corrected chi connectivity index (χ1v) is 6.64. The zero-order valence-corrected chi connectivity index (χ0v) is 10.8. The molecule has 2 bridgehead atoms. The van der Waals surface area contributed by atoms with Crippen molar-refractivity contribution in [1.29, 1.82) is 0 Å². The van der Waals surface area contributed by atoms with E-state index in [0.717, 1.165) is 17.8 Å². The molecule has 0 N–H and O–H groups in total. The molecule has 2 unspecified atom stereocenters. The lowest BCUT2D eigenvalue weighted by atomic mass is 9.64. The van der Waals surface area contributed by atoms with Gasteiger partial charge in [0.15, 0.2) is 0 Å². The SMILES string of the molecule is CC1CC2CC(C1)CC(C)(OC(C)C)C2. The maximum Gasteiger partial charge on any atom is 0.0663 e. The molecule has 1 heteroatoms. The van der Waals surface area contributed by atoms with Crippen LogP contribution >= 0.6 is 0 Å². The molecule has 0 aromatic heterocycles. The van der Waals surface area contributed by atoms with Crippen molar-refractivity contribution in [1.82, 2.24) is 0 Å². The first-order chi connectivity index (χ1) is 6.97. The highest BCUT2D eigenvalue weighted by molar-refractivity contribution is 4.93. The van der Waals surface area contributed by atoms with Crippen LogP contribution in [0.15, 0.2) is 0 Å². The van der Waals surface area contributed by atoms with Crippen LogP contribution in [0.4, 0.5) is 0 Å². The van der Waals surface area contributed by atoms with Gasteiger partial charge in [0.1, 0.15) is 0 Å². The van der Waals surface area contributed by atoms with Crippen molar-refractivity contribution in [2.45, 2.75) is 71.5 Å². The van der Waals surface area contributed by atoms with Crippen LogP contribution in [0.5, 0.6) is 0 Å². The Morgan fingerprint density at radius 3 is 2.07 bits per heavy atom. The maximum absolute atomic E-state index is 6.15. The Hall–Kier alpha value is -0.0400. The molecule has 88 valence electrons. The summed E-state index contributed by atoms with van der Waals surface area (Å²) in [5.41, 5.74) is 0.182. The van der Waals surface area contributed by atoms with Gasteiger partial charge in [0.2, 0.25) is 0 Å². The predicted octanol–water partition coefficient (Wildman–Crippen LogP) is 4.02. The van der Waals surface area contributed by atoms with E-state index >= 15 is 0 Å². The molecule has 2 rings (SSSR count). The van der Waals surface area contributed by atoms with Crippen molar-refractivity contribution >= 4 is 0 Å². The largest absolute Gasteiger partial charge is 0.373 e. The van der Waals surface area contributed by atoms with E-state index in [-0.39, 0.29) is 5.60 Å². The summed E-state index contributed by atoms with van der Waals surface area (Å²) < 4.78 is 6.15. The molecule has 2 aliphatic rings. The van der Waals surface area contributed by atoms with Crippen molar-refractivity contribution < 1.29 is 4.74 Å². The first-order valence-electron chi connectivity index (χ1n) is 6.64. The molecule has 0 aliphatic heterocycles. The van der Waals surface area contributed by atoms with Gasteiger partial charge in [0, 0.05) is 0 Å². The fourth-order valence-corrected chi connectivity index (χ4v) is 4.20. The minimum absolute atomic E-state index is 0.182. The fraction of sp³-hybridized carbons (Fsp3) is 1.00. The van der Waals surface area contributed by atoms with E-state index in [9.17, 15) is 0 Å². The summed E-state index contributed by atoms with van der Waals surface area (Å²) in [6.07, 6.45) is 7.33.